The highest BCUT2D eigenvalue weighted by Crippen LogP contribution is 2.34. The number of aliphatic hydroxyl groups is 1. The normalized spacial score (nSPS) is 12.7. The number of benzene rings is 1. The smallest absolute Gasteiger partial charge is 0.260 e. The molecule has 1 aromatic carbocycles. The van der Waals surface area contributed by atoms with E-state index in [1.807, 2.05) is 18.2 Å². The van der Waals surface area contributed by atoms with Crippen LogP contribution < -0.4 is 0 Å². The number of aromatic nitrogens is 1. The predicted molar refractivity (Wildman–Crippen MR) is 65.4 cm³/mol. The molecule has 0 spiro atoms. The average Bonchev–Trinajstić information content (AvgIpc) is 2.70. The van der Waals surface area contributed by atoms with E-state index in [2.05, 4.69) is 20.9 Å². The van der Waals surface area contributed by atoms with Gasteiger partial charge in [0.25, 0.3) is 5.22 Å². The van der Waals surface area contributed by atoms with Crippen molar-refractivity contribution in [3.63, 3.8) is 0 Å². The molecular weight excluding hydrogens is 290 g/mol. The van der Waals surface area contributed by atoms with Crippen LogP contribution >= 0.6 is 27.7 Å². The molecule has 0 saturated heterocycles. The first kappa shape index (κ1) is 11.7. The van der Waals surface area contributed by atoms with Crippen LogP contribution in [-0.2, 0) is 0 Å². The molecule has 0 saturated carbocycles. The largest absolute Gasteiger partial charge is 0.440 e. The van der Waals surface area contributed by atoms with E-state index in [1.165, 1.54) is 18.0 Å². The van der Waals surface area contributed by atoms with Gasteiger partial charge in [0.15, 0.2) is 0 Å². The summed E-state index contributed by atoms with van der Waals surface area (Å²) in [6, 6.07) is 5.73. The van der Waals surface area contributed by atoms with Crippen molar-refractivity contribution in [2.45, 2.75) is 23.1 Å². The number of aliphatic hydroxyl groups excluding tert-OH is 1. The maximum absolute atomic E-state index is 9.64. The Morgan fingerprint density at radius 3 is 2.94 bits per heavy atom. The molecule has 1 atom stereocenters. The summed E-state index contributed by atoms with van der Waals surface area (Å²) in [5, 5.41) is 10.2. The molecule has 0 aliphatic heterocycles. The Bertz CT molecular complexity index is 471. The van der Waals surface area contributed by atoms with Gasteiger partial charge in [0, 0.05) is 9.37 Å². The van der Waals surface area contributed by atoms with E-state index >= 15 is 0 Å². The van der Waals surface area contributed by atoms with Crippen LogP contribution in [0.1, 0.15) is 18.6 Å². The minimum atomic E-state index is -0.509. The SMILES string of the molecule is CC(O)c1ccc(Br)cc1Sc1ncco1. The van der Waals surface area contributed by atoms with Gasteiger partial charge in [-0.15, -0.1) is 0 Å². The van der Waals surface area contributed by atoms with Crippen molar-refractivity contribution in [3.8, 4) is 0 Å². The minimum Gasteiger partial charge on any atom is -0.440 e. The summed E-state index contributed by atoms with van der Waals surface area (Å²) in [4.78, 5) is 4.98. The van der Waals surface area contributed by atoms with E-state index in [0.29, 0.717) is 5.22 Å². The number of rotatable bonds is 3. The third kappa shape index (κ3) is 2.66. The Balaban J connectivity index is 2.34. The second-order valence-corrected chi connectivity index (χ2v) is 5.17. The zero-order valence-electron chi connectivity index (χ0n) is 8.55. The quantitative estimate of drug-likeness (QED) is 0.940. The lowest BCUT2D eigenvalue weighted by molar-refractivity contribution is 0.196. The lowest BCUT2D eigenvalue weighted by atomic mass is 10.1. The number of hydrogen-bond acceptors (Lipinski definition) is 4. The summed E-state index contributed by atoms with van der Waals surface area (Å²) in [5.74, 6) is 0. The predicted octanol–water partition coefficient (Wildman–Crippen LogP) is 3.64. The summed E-state index contributed by atoms with van der Waals surface area (Å²) in [6.45, 7) is 1.74. The van der Waals surface area contributed by atoms with E-state index in [1.54, 1.807) is 13.1 Å². The highest BCUT2D eigenvalue weighted by Gasteiger charge is 2.11. The number of hydrogen-bond donors (Lipinski definition) is 1. The molecule has 16 heavy (non-hydrogen) atoms. The van der Waals surface area contributed by atoms with Crippen LogP contribution in [-0.4, -0.2) is 10.1 Å². The highest BCUT2D eigenvalue weighted by atomic mass is 79.9. The third-order valence-electron chi connectivity index (χ3n) is 2.03. The molecule has 0 bridgehead atoms. The first-order valence-electron chi connectivity index (χ1n) is 4.71. The monoisotopic (exact) mass is 299 g/mol. The van der Waals surface area contributed by atoms with Gasteiger partial charge in [-0.3, -0.25) is 0 Å². The molecule has 84 valence electrons. The highest BCUT2D eigenvalue weighted by molar-refractivity contribution is 9.10. The van der Waals surface area contributed by atoms with Crippen molar-refractivity contribution in [2.75, 3.05) is 0 Å². The molecule has 1 heterocycles. The Hall–Kier alpha value is -0.780. The van der Waals surface area contributed by atoms with Crippen LogP contribution in [0.15, 0.2) is 49.7 Å². The molecule has 0 aliphatic rings. The number of nitrogens with zero attached hydrogens (tertiary/aromatic N) is 1. The zero-order chi connectivity index (χ0) is 11.5. The molecule has 0 radical (unpaired) electrons. The summed E-state index contributed by atoms with van der Waals surface area (Å²) in [5.41, 5.74) is 0.867. The van der Waals surface area contributed by atoms with Gasteiger partial charge in [-0.25, -0.2) is 4.98 Å². The standard InChI is InChI=1S/C11H10BrNO2S/c1-7(14)9-3-2-8(12)6-10(9)16-11-13-4-5-15-11/h2-7,14H,1H3. The molecular formula is C11H10BrNO2S. The van der Waals surface area contributed by atoms with Gasteiger partial charge in [-0.05, 0) is 36.4 Å². The second-order valence-electron chi connectivity index (χ2n) is 3.26. The van der Waals surface area contributed by atoms with E-state index in [9.17, 15) is 5.11 Å². The minimum absolute atomic E-state index is 0.509. The first-order valence-corrected chi connectivity index (χ1v) is 6.32. The fraction of sp³-hybridized carbons (Fsp3) is 0.182. The Morgan fingerprint density at radius 2 is 2.31 bits per heavy atom. The maximum atomic E-state index is 9.64. The van der Waals surface area contributed by atoms with E-state index in [0.717, 1.165) is 14.9 Å². The average molecular weight is 300 g/mol. The van der Waals surface area contributed by atoms with Gasteiger partial charge in [-0.2, -0.15) is 0 Å². The molecule has 3 nitrogen and oxygen atoms in total. The van der Waals surface area contributed by atoms with Crippen LogP contribution in [0.4, 0.5) is 0 Å². The van der Waals surface area contributed by atoms with Gasteiger partial charge < -0.3 is 9.52 Å². The molecule has 0 aliphatic carbocycles. The zero-order valence-corrected chi connectivity index (χ0v) is 11.0. The molecule has 1 N–H and O–H groups in total. The maximum Gasteiger partial charge on any atom is 0.260 e. The van der Waals surface area contributed by atoms with Crippen LogP contribution in [0.3, 0.4) is 0 Å². The molecule has 2 rings (SSSR count). The second kappa shape index (κ2) is 5.03. The van der Waals surface area contributed by atoms with Gasteiger partial charge in [0.1, 0.15) is 6.26 Å². The van der Waals surface area contributed by atoms with Crippen molar-refractivity contribution in [1.29, 1.82) is 0 Å². The molecule has 1 aromatic heterocycles. The first-order chi connectivity index (χ1) is 7.66. The molecule has 5 heteroatoms. The van der Waals surface area contributed by atoms with Gasteiger partial charge in [-0.1, -0.05) is 22.0 Å². The van der Waals surface area contributed by atoms with Crippen LogP contribution in [0.25, 0.3) is 0 Å². The van der Waals surface area contributed by atoms with Gasteiger partial charge in [0.05, 0.1) is 12.3 Å². The Labute approximate surface area is 106 Å². The van der Waals surface area contributed by atoms with Crippen LogP contribution in [0, 0.1) is 0 Å². The summed E-state index contributed by atoms with van der Waals surface area (Å²) < 4.78 is 6.13. The number of oxazole rings is 1. The van der Waals surface area contributed by atoms with Crippen molar-refractivity contribution in [2.24, 2.45) is 0 Å². The summed E-state index contributed by atoms with van der Waals surface area (Å²) >= 11 is 4.80. The van der Waals surface area contributed by atoms with Crippen LogP contribution in [0.5, 0.6) is 0 Å². The lowest BCUT2D eigenvalue weighted by Gasteiger charge is -2.10. The fourth-order valence-electron chi connectivity index (χ4n) is 1.30. The topological polar surface area (TPSA) is 46.3 Å². The van der Waals surface area contributed by atoms with E-state index in [-0.39, 0.29) is 0 Å². The third-order valence-corrected chi connectivity index (χ3v) is 3.48. The van der Waals surface area contributed by atoms with Crippen molar-refractivity contribution < 1.29 is 9.52 Å². The summed E-state index contributed by atoms with van der Waals surface area (Å²) in [7, 11) is 0. The molecule has 2 aromatic rings. The van der Waals surface area contributed by atoms with Crippen molar-refractivity contribution in [3.05, 3.63) is 40.7 Å². The lowest BCUT2D eigenvalue weighted by Crippen LogP contribution is -1.93. The van der Waals surface area contributed by atoms with Crippen molar-refractivity contribution in [1.82, 2.24) is 4.98 Å². The van der Waals surface area contributed by atoms with Gasteiger partial charge in [0.2, 0.25) is 0 Å². The molecule has 0 fully saturated rings. The van der Waals surface area contributed by atoms with E-state index < -0.39 is 6.10 Å². The van der Waals surface area contributed by atoms with E-state index in [4.69, 9.17) is 4.42 Å². The fourth-order valence-corrected chi connectivity index (χ4v) is 2.76. The Morgan fingerprint density at radius 1 is 1.50 bits per heavy atom. The Kier molecular flexibility index (Phi) is 3.68. The number of halogens is 1. The molecule has 0 amide bonds. The van der Waals surface area contributed by atoms with Gasteiger partial charge >= 0.3 is 0 Å². The summed E-state index contributed by atoms with van der Waals surface area (Å²) in [6.07, 6.45) is 2.62. The molecule has 1 unspecified atom stereocenters. The van der Waals surface area contributed by atoms with Crippen molar-refractivity contribution >= 4 is 27.7 Å². The van der Waals surface area contributed by atoms with Crippen LogP contribution in [0.2, 0.25) is 0 Å².